The number of nitrogen functional groups attached to an aromatic ring is 1. The lowest BCUT2D eigenvalue weighted by Crippen LogP contribution is -2.50. The first-order chi connectivity index (χ1) is 16.9. The number of fused-ring (bicyclic) bond motifs is 1. The lowest BCUT2D eigenvalue weighted by molar-refractivity contribution is -0.133. The Morgan fingerprint density at radius 2 is 1.71 bits per heavy atom. The van der Waals surface area contributed by atoms with Gasteiger partial charge in [0.25, 0.3) is 5.91 Å². The van der Waals surface area contributed by atoms with Crippen LogP contribution in [0.4, 0.5) is 16.2 Å². The number of nitrogens with two attached hydrogens (primary N) is 1. The van der Waals surface area contributed by atoms with Crippen LogP contribution in [0.3, 0.4) is 0 Å². The molecule has 3 heterocycles. The maximum Gasteiger partial charge on any atom is 0.260 e. The molecule has 1 fully saturated rings. The Labute approximate surface area is 205 Å². The maximum atomic E-state index is 13.4. The van der Waals surface area contributed by atoms with Gasteiger partial charge in [-0.15, -0.1) is 0 Å². The topological polar surface area (TPSA) is 102 Å². The minimum absolute atomic E-state index is 0.0480. The third-order valence-electron chi connectivity index (χ3n) is 5.93. The van der Waals surface area contributed by atoms with Crippen LogP contribution in [0.15, 0.2) is 48.5 Å². The molecule has 2 aromatic heterocycles. The van der Waals surface area contributed by atoms with Gasteiger partial charge in [0.2, 0.25) is 5.95 Å². The molecule has 1 aliphatic heterocycles. The molecule has 0 saturated carbocycles. The van der Waals surface area contributed by atoms with Crippen LogP contribution in [0.25, 0.3) is 22.6 Å². The van der Waals surface area contributed by atoms with Crippen molar-refractivity contribution in [3.63, 3.8) is 0 Å². The number of aryl methyl sites for hydroxylation is 1. The predicted octanol–water partition coefficient (Wildman–Crippen LogP) is 3.13. The molecule has 0 atom stereocenters. The number of aromatic nitrogens is 4. The van der Waals surface area contributed by atoms with Gasteiger partial charge in [0.05, 0.1) is 0 Å². The number of hydrogen-bond acceptors (Lipinski definition) is 7. The largest absolute Gasteiger partial charge is 0.484 e. The Hall–Kier alpha value is -3.92. The van der Waals surface area contributed by atoms with Gasteiger partial charge >= 0.3 is 0 Å². The lowest BCUT2D eigenvalue weighted by atomic mass is 10.2. The van der Waals surface area contributed by atoms with Gasteiger partial charge in [0.15, 0.2) is 23.6 Å². The van der Waals surface area contributed by atoms with Crippen LogP contribution in [0.2, 0.25) is 5.02 Å². The molecule has 0 bridgehead atoms. The lowest BCUT2D eigenvalue weighted by Gasteiger charge is -2.35. The van der Waals surface area contributed by atoms with Crippen LogP contribution in [0, 0.1) is 5.82 Å². The van der Waals surface area contributed by atoms with Crippen molar-refractivity contribution in [2.24, 2.45) is 7.05 Å². The first kappa shape index (κ1) is 22.9. The van der Waals surface area contributed by atoms with E-state index >= 15 is 0 Å². The minimum atomic E-state index is -0.316. The van der Waals surface area contributed by atoms with E-state index in [4.69, 9.17) is 27.1 Å². The number of piperazine rings is 1. The fraction of sp³-hybridized carbons (Fsp3) is 0.250. The molecule has 2 aromatic carbocycles. The van der Waals surface area contributed by atoms with Crippen LogP contribution >= 0.6 is 11.6 Å². The van der Waals surface area contributed by atoms with Gasteiger partial charge in [-0.3, -0.25) is 4.79 Å². The van der Waals surface area contributed by atoms with Gasteiger partial charge in [-0.05, 0) is 48.5 Å². The number of imidazole rings is 1. The number of ether oxygens (including phenoxy) is 1. The van der Waals surface area contributed by atoms with Gasteiger partial charge in [-0.2, -0.15) is 9.97 Å². The van der Waals surface area contributed by atoms with Crippen LogP contribution in [0.1, 0.15) is 0 Å². The van der Waals surface area contributed by atoms with Gasteiger partial charge < -0.3 is 24.8 Å². The molecular weight excluding hydrogens is 473 g/mol. The van der Waals surface area contributed by atoms with Gasteiger partial charge in [-0.1, -0.05) is 11.6 Å². The normalized spacial score (nSPS) is 13.9. The minimum Gasteiger partial charge on any atom is -0.484 e. The van der Waals surface area contributed by atoms with Crippen LogP contribution in [0.5, 0.6) is 5.75 Å². The highest BCUT2D eigenvalue weighted by atomic mass is 35.5. The zero-order chi connectivity index (χ0) is 24.5. The van der Waals surface area contributed by atoms with Crippen LogP contribution < -0.4 is 15.4 Å². The number of nitrogens with zero attached hydrogens (tertiary/aromatic N) is 6. The molecule has 0 aliphatic carbocycles. The molecule has 2 N–H and O–H groups in total. The molecule has 0 radical (unpaired) electrons. The summed E-state index contributed by atoms with van der Waals surface area (Å²) in [5.41, 5.74) is 7.96. The summed E-state index contributed by atoms with van der Waals surface area (Å²) in [6.07, 6.45) is 0. The van der Waals surface area contributed by atoms with Crippen molar-refractivity contribution >= 4 is 40.4 Å². The molecule has 1 aliphatic rings. The Balaban J connectivity index is 1.31. The van der Waals surface area contributed by atoms with E-state index in [1.54, 1.807) is 41.3 Å². The van der Waals surface area contributed by atoms with Crippen molar-refractivity contribution in [1.29, 1.82) is 0 Å². The van der Waals surface area contributed by atoms with E-state index in [1.165, 1.54) is 12.1 Å². The summed E-state index contributed by atoms with van der Waals surface area (Å²) in [5.74, 6) is 1.56. The average Bonchev–Trinajstić information content (AvgIpc) is 3.19. The van der Waals surface area contributed by atoms with Crippen molar-refractivity contribution in [1.82, 2.24) is 24.4 Å². The Bertz CT molecular complexity index is 1370. The number of halogens is 2. The SMILES string of the molecule is Cn1c(-c2ccc(F)cc2)nc2c(N3CCN(C(=O)COc4ccc(Cl)cc4)CC3)nc(N)nc21. The second kappa shape index (κ2) is 9.38. The standard InChI is InChI=1S/C24H23ClFN7O2/c1-31-21(15-2-6-17(26)7-3-15)28-20-22(31)29-24(27)30-23(20)33-12-10-32(11-13-33)19(34)14-35-18-8-4-16(25)5-9-18/h2-9H,10-14H2,1H3,(H2,27,29,30). The second-order valence-electron chi connectivity index (χ2n) is 8.19. The third kappa shape index (κ3) is 4.69. The van der Waals surface area contributed by atoms with Gasteiger partial charge in [0, 0.05) is 43.8 Å². The molecule has 1 amide bonds. The fourth-order valence-corrected chi connectivity index (χ4v) is 4.20. The van der Waals surface area contributed by atoms with Crippen molar-refractivity contribution in [3.8, 4) is 17.1 Å². The number of carbonyl (C=O) groups is 1. The molecule has 5 rings (SSSR count). The monoisotopic (exact) mass is 495 g/mol. The van der Waals surface area contributed by atoms with Crippen molar-refractivity contribution in [2.75, 3.05) is 43.4 Å². The summed E-state index contributed by atoms with van der Waals surface area (Å²) in [4.78, 5) is 30.0. The number of anilines is 2. The number of carbonyl (C=O) groups excluding carboxylic acids is 1. The smallest absolute Gasteiger partial charge is 0.260 e. The Morgan fingerprint density at radius 3 is 2.40 bits per heavy atom. The van der Waals surface area contributed by atoms with Gasteiger partial charge in [-0.25, -0.2) is 9.37 Å². The van der Waals surface area contributed by atoms with E-state index in [1.807, 2.05) is 16.5 Å². The van der Waals surface area contributed by atoms with E-state index < -0.39 is 0 Å². The van der Waals surface area contributed by atoms with E-state index in [0.29, 0.717) is 59.8 Å². The highest BCUT2D eigenvalue weighted by Crippen LogP contribution is 2.29. The quantitative estimate of drug-likeness (QED) is 0.453. The number of benzene rings is 2. The van der Waals surface area contributed by atoms with Crippen LogP contribution in [-0.2, 0) is 11.8 Å². The highest BCUT2D eigenvalue weighted by molar-refractivity contribution is 6.30. The van der Waals surface area contributed by atoms with E-state index in [9.17, 15) is 9.18 Å². The fourth-order valence-electron chi connectivity index (χ4n) is 4.08. The molecule has 180 valence electrons. The average molecular weight is 496 g/mol. The second-order valence-corrected chi connectivity index (χ2v) is 8.63. The predicted molar refractivity (Wildman–Crippen MR) is 132 cm³/mol. The number of rotatable bonds is 5. The number of amides is 1. The summed E-state index contributed by atoms with van der Waals surface area (Å²) >= 11 is 5.88. The molecular formula is C24H23ClFN7O2. The zero-order valence-corrected chi connectivity index (χ0v) is 19.7. The third-order valence-corrected chi connectivity index (χ3v) is 6.18. The maximum absolute atomic E-state index is 13.4. The summed E-state index contributed by atoms with van der Waals surface area (Å²) in [5, 5.41) is 0.608. The molecule has 1 saturated heterocycles. The summed E-state index contributed by atoms with van der Waals surface area (Å²) < 4.78 is 20.8. The first-order valence-electron chi connectivity index (χ1n) is 11.1. The van der Waals surface area contributed by atoms with E-state index in [2.05, 4.69) is 9.97 Å². The summed E-state index contributed by atoms with van der Waals surface area (Å²) in [7, 11) is 1.83. The molecule has 9 nitrogen and oxygen atoms in total. The van der Waals surface area contributed by atoms with E-state index in [-0.39, 0.29) is 24.3 Å². The Morgan fingerprint density at radius 1 is 1.03 bits per heavy atom. The van der Waals surface area contributed by atoms with Crippen LogP contribution in [-0.4, -0.2) is 63.1 Å². The number of hydrogen-bond donors (Lipinski definition) is 1. The highest BCUT2D eigenvalue weighted by Gasteiger charge is 2.26. The van der Waals surface area contributed by atoms with Crippen molar-refractivity contribution in [2.45, 2.75) is 0 Å². The zero-order valence-electron chi connectivity index (χ0n) is 19.0. The Kier molecular flexibility index (Phi) is 6.12. The summed E-state index contributed by atoms with van der Waals surface area (Å²) in [6.45, 7) is 2.08. The van der Waals surface area contributed by atoms with Crippen molar-refractivity contribution in [3.05, 3.63) is 59.4 Å². The molecule has 35 heavy (non-hydrogen) atoms. The summed E-state index contributed by atoms with van der Waals surface area (Å²) in [6, 6.07) is 13.0. The van der Waals surface area contributed by atoms with E-state index in [0.717, 1.165) is 5.56 Å². The van der Waals surface area contributed by atoms with Gasteiger partial charge in [0.1, 0.15) is 17.4 Å². The first-order valence-corrected chi connectivity index (χ1v) is 11.4. The van der Waals surface area contributed by atoms with Crippen molar-refractivity contribution < 1.29 is 13.9 Å². The molecule has 0 unspecified atom stereocenters. The molecule has 4 aromatic rings. The molecule has 0 spiro atoms. The molecule has 11 heteroatoms.